The summed E-state index contributed by atoms with van der Waals surface area (Å²) < 4.78 is 0. The second-order valence-corrected chi connectivity index (χ2v) is 4.01. The highest BCUT2D eigenvalue weighted by molar-refractivity contribution is 5.96. The van der Waals surface area contributed by atoms with E-state index in [1.807, 2.05) is 0 Å². The number of oxime groups is 1. The van der Waals surface area contributed by atoms with Crippen molar-refractivity contribution in [3.63, 3.8) is 0 Å². The fraction of sp³-hybridized carbons (Fsp3) is 0.333. The van der Waals surface area contributed by atoms with Gasteiger partial charge in [0.05, 0.1) is 5.56 Å². The van der Waals surface area contributed by atoms with Crippen LogP contribution in [0.5, 0.6) is 11.5 Å². The number of amides is 1. The molecule has 6 N–H and O–H groups in total. The molecule has 0 aromatic heterocycles. The zero-order valence-electron chi connectivity index (χ0n) is 10.3. The zero-order chi connectivity index (χ0) is 14.3. The Hall–Kier alpha value is -2.44. The Bertz CT molecular complexity index is 474. The average Bonchev–Trinajstić information content (AvgIpc) is 2.37. The molecule has 0 aliphatic carbocycles. The fourth-order valence-corrected chi connectivity index (χ4v) is 1.49. The van der Waals surface area contributed by atoms with E-state index in [2.05, 4.69) is 10.5 Å². The summed E-state index contributed by atoms with van der Waals surface area (Å²) in [6, 6.07) is 3.77. The number of hydrogen-bond donors (Lipinski definition) is 5. The van der Waals surface area contributed by atoms with Gasteiger partial charge in [0.25, 0.3) is 5.91 Å². The molecule has 1 aromatic carbocycles. The first-order valence-corrected chi connectivity index (χ1v) is 5.81. The van der Waals surface area contributed by atoms with Gasteiger partial charge in [0.2, 0.25) is 0 Å². The molecule has 1 aromatic rings. The molecule has 0 radical (unpaired) electrons. The first kappa shape index (κ1) is 14.6. The number of hydrogen-bond acceptors (Lipinski definition) is 5. The lowest BCUT2D eigenvalue weighted by atomic mass is 10.1. The van der Waals surface area contributed by atoms with Crippen molar-refractivity contribution in [2.45, 2.75) is 19.3 Å². The van der Waals surface area contributed by atoms with Crippen LogP contribution in [0.3, 0.4) is 0 Å². The van der Waals surface area contributed by atoms with Gasteiger partial charge in [0.15, 0.2) is 0 Å². The lowest BCUT2D eigenvalue weighted by molar-refractivity contribution is 0.0950. The molecule has 19 heavy (non-hydrogen) atoms. The first-order valence-electron chi connectivity index (χ1n) is 5.81. The molecule has 0 spiro atoms. The van der Waals surface area contributed by atoms with Crippen LogP contribution in [0, 0.1) is 0 Å². The summed E-state index contributed by atoms with van der Waals surface area (Å²) in [5, 5.41) is 32.4. The Morgan fingerprint density at radius 2 is 2.05 bits per heavy atom. The van der Waals surface area contributed by atoms with E-state index >= 15 is 0 Å². The van der Waals surface area contributed by atoms with Crippen molar-refractivity contribution in [1.82, 2.24) is 5.32 Å². The number of amidine groups is 1. The van der Waals surface area contributed by atoms with E-state index in [1.165, 1.54) is 12.1 Å². The molecule has 1 rings (SSSR count). The number of carbonyl (C=O) groups excluding carboxylic acids is 1. The molecule has 0 aliphatic rings. The molecule has 1 amide bonds. The van der Waals surface area contributed by atoms with Gasteiger partial charge in [-0.25, -0.2) is 0 Å². The van der Waals surface area contributed by atoms with E-state index in [0.29, 0.717) is 25.8 Å². The fourth-order valence-electron chi connectivity index (χ4n) is 1.49. The van der Waals surface area contributed by atoms with E-state index in [1.54, 1.807) is 0 Å². The van der Waals surface area contributed by atoms with Gasteiger partial charge >= 0.3 is 0 Å². The van der Waals surface area contributed by atoms with Gasteiger partial charge in [-0.3, -0.25) is 4.79 Å². The van der Waals surface area contributed by atoms with Crippen LogP contribution in [0.15, 0.2) is 23.4 Å². The number of nitrogens with zero attached hydrogens (tertiary/aromatic N) is 1. The van der Waals surface area contributed by atoms with Crippen LogP contribution in [0.4, 0.5) is 0 Å². The number of unbranched alkanes of at least 4 members (excludes halogenated alkanes) is 1. The van der Waals surface area contributed by atoms with Crippen molar-refractivity contribution < 1.29 is 20.2 Å². The van der Waals surface area contributed by atoms with Gasteiger partial charge in [-0.15, -0.1) is 0 Å². The Balaban J connectivity index is 2.35. The molecular weight excluding hydrogens is 250 g/mol. The number of phenolic OH excluding ortho intramolecular Hbond substituents is 2. The monoisotopic (exact) mass is 267 g/mol. The van der Waals surface area contributed by atoms with Crippen LogP contribution in [0.1, 0.15) is 29.6 Å². The highest BCUT2D eigenvalue weighted by Gasteiger charge is 2.10. The number of rotatable bonds is 6. The molecule has 0 saturated carbocycles. The Kier molecular flexibility index (Phi) is 5.46. The van der Waals surface area contributed by atoms with Crippen LogP contribution in [0.25, 0.3) is 0 Å². The molecule has 0 heterocycles. The standard InChI is InChI=1S/C12H17N3O4/c13-11(15-19)3-1-2-6-14-12(18)9-5-4-8(16)7-10(9)17/h4-5,7,16-17,19H,1-3,6H2,(H2,13,15)(H,14,18). The maximum Gasteiger partial charge on any atom is 0.255 e. The molecule has 0 bridgehead atoms. The smallest absolute Gasteiger partial charge is 0.255 e. The zero-order valence-corrected chi connectivity index (χ0v) is 10.3. The Morgan fingerprint density at radius 1 is 1.32 bits per heavy atom. The molecule has 0 aliphatic heterocycles. The van der Waals surface area contributed by atoms with Crippen molar-refractivity contribution >= 4 is 11.7 Å². The molecule has 0 saturated heterocycles. The van der Waals surface area contributed by atoms with Gasteiger partial charge in [0, 0.05) is 19.0 Å². The highest BCUT2D eigenvalue weighted by Crippen LogP contribution is 2.22. The number of aromatic hydroxyl groups is 2. The summed E-state index contributed by atoms with van der Waals surface area (Å²) in [6.07, 6.45) is 1.80. The van der Waals surface area contributed by atoms with Crippen LogP contribution < -0.4 is 11.1 Å². The minimum Gasteiger partial charge on any atom is -0.508 e. The van der Waals surface area contributed by atoms with Gasteiger partial charge in [-0.05, 0) is 25.0 Å². The predicted octanol–water partition coefficient (Wildman–Crippen LogP) is 0.744. The van der Waals surface area contributed by atoms with Gasteiger partial charge < -0.3 is 26.5 Å². The summed E-state index contributed by atoms with van der Waals surface area (Å²) >= 11 is 0. The third kappa shape index (κ3) is 4.74. The van der Waals surface area contributed by atoms with E-state index in [0.717, 1.165) is 6.07 Å². The van der Waals surface area contributed by atoms with E-state index in [4.69, 9.17) is 16.0 Å². The summed E-state index contributed by atoms with van der Waals surface area (Å²) in [5.74, 6) is -0.634. The molecule has 0 atom stereocenters. The Morgan fingerprint density at radius 3 is 2.68 bits per heavy atom. The lowest BCUT2D eigenvalue weighted by Crippen LogP contribution is -2.24. The minimum atomic E-state index is -0.415. The summed E-state index contributed by atoms with van der Waals surface area (Å²) in [6.45, 7) is 0.415. The molecule has 7 nitrogen and oxygen atoms in total. The van der Waals surface area contributed by atoms with Gasteiger partial charge in [0.1, 0.15) is 17.3 Å². The molecule has 7 heteroatoms. The van der Waals surface area contributed by atoms with E-state index in [-0.39, 0.29) is 22.9 Å². The number of nitrogens with one attached hydrogen (secondary N) is 1. The van der Waals surface area contributed by atoms with E-state index < -0.39 is 5.91 Å². The SMILES string of the molecule is N/C(CCCCNC(=O)c1ccc(O)cc1O)=N/O. The first-order chi connectivity index (χ1) is 9.04. The average molecular weight is 267 g/mol. The number of carbonyl (C=O) groups is 1. The summed E-state index contributed by atoms with van der Waals surface area (Å²) in [7, 11) is 0. The van der Waals surface area contributed by atoms with Crippen molar-refractivity contribution in [2.24, 2.45) is 10.9 Å². The van der Waals surface area contributed by atoms with Crippen molar-refractivity contribution in [1.29, 1.82) is 0 Å². The topological polar surface area (TPSA) is 128 Å². The minimum absolute atomic E-state index is 0.104. The molecular formula is C12H17N3O4. The van der Waals surface area contributed by atoms with Crippen molar-refractivity contribution in [2.75, 3.05) is 6.54 Å². The van der Waals surface area contributed by atoms with Crippen LogP contribution in [0.2, 0.25) is 0 Å². The second kappa shape index (κ2) is 7.10. The number of nitrogens with two attached hydrogens (primary N) is 1. The third-order valence-electron chi connectivity index (χ3n) is 2.50. The molecule has 0 fully saturated rings. The number of benzene rings is 1. The molecule has 104 valence electrons. The Labute approximate surface area is 110 Å². The number of phenols is 2. The molecule has 0 unspecified atom stereocenters. The van der Waals surface area contributed by atoms with Crippen molar-refractivity contribution in [3.8, 4) is 11.5 Å². The maximum absolute atomic E-state index is 11.7. The van der Waals surface area contributed by atoms with Crippen LogP contribution in [-0.2, 0) is 0 Å². The highest BCUT2D eigenvalue weighted by atomic mass is 16.4. The summed E-state index contributed by atoms with van der Waals surface area (Å²) in [5.41, 5.74) is 5.40. The van der Waals surface area contributed by atoms with E-state index in [9.17, 15) is 9.90 Å². The van der Waals surface area contributed by atoms with Gasteiger partial charge in [-0.1, -0.05) is 5.16 Å². The largest absolute Gasteiger partial charge is 0.508 e. The quantitative estimate of drug-likeness (QED) is 0.171. The predicted molar refractivity (Wildman–Crippen MR) is 69.4 cm³/mol. The summed E-state index contributed by atoms with van der Waals surface area (Å²) in [4.78, 5) is 11.7. The third-order valence-corrected chi connectivity index (χ3v) is 2.50. The second-order valence-electron chi connectivity index (χ2n) is 4.01. The lowest BCUT2D eigenvalue weighted by Gasteiger charge is -2.07. The van der Waals surface area contributed by atoms with Crippen LogP contribution >= 0.6 is 0 Å². The maximum atomic E-state index is 11.7. The normalized spacial score (nSPS) is 11.3. The van der Waals surface area contributed by atoms with Gasteiger partial charge in [-0.2, -0.15) is 0 Å². The van der Waals surface area contributed by atoms with Crippen molar-refractivity contribution in [3.05, 3.63) is 23.8 Å². The van der Waals surface area contributed by atoms with Crippen LogP contribution in [-0.4, -0.2) is 33.7 Å².